The van der Waals surface area contributed by atoms with Gasteiger partial charge in [0.2, 0.25) is 5.75 Å². The maximum atomic E-state index is 13.7. The Balaban J connectivity index is 2.00. The van der Waals surface area contributed by atoms with Gasteiger partial charge in [0.05, 0.1) is 40.2 Å². The molecule has 31 heavy (non-hydrogen) atoms. The number of hydrogen-bond acceptors (Lipinski definition) is 7. The van der Waals surface area contributed by atoms with Gasteiger partial charge < -0.3 is 29.4 Å². The molecule has 7 nitrogen and oxygen atoms in total. The van der Waals surface area contributed by atoms with Crippen LogP contribution in [0.15, 0.2) is 30.3 Å². The first-order chi connectivity index (χ1) is 15.0. The summed E-state index contributed by atoms with van der Waals surface area (Å²) >= 11 is 0. The molecule has 7 heteroatoms. The van der Waals surface area contributed by atoms with Gasteiger partial charge in [0.1, 0.15) is 5.75 Å². The van der Waals surface area contributed by atoms with Crippen molar-refractivity contribution in [1.29, 1.82) is 0 Å². The Morgan fingerprint density at radius 3 is 2.03 bits per heavy atom. The summed E-state index contributed by atoms with van der Waals surface area (Å²) in [5.74, 6) is 1.79. The molecule has 1 aliphatic carbocycles. The number of ketones is 1. The van der Waals surface area contributed by atoms with E-state index in [9.17, 15) is 4.79 Å². The van der Waals surface area contributed by atoms with Crippen molar-refractivity contribution < 1.29 is 28.5 Å². The molecule has 0 bridgehead atoms. The van der Waals surface area contributed by atoms with E-state index in [-0.39, 0.29) is 23.7 Å². The quantitative estimate of drug-likeness (QED) is 0.499. The van der Waals surface area contributed by atoms with Crippen LogP contribution >= 0.6 is 0 Å². The normalized spacial score (nSPS) is 20.7. The van der Waals surface area contributed by atoms with Crippen molar-refractivity contribution in [2.45, 2.75) is 31.3 Å². The molecule has 3 atom stereocenters. The number of methoxy groups -OCH3 is 5. The van der Waals surface area contributed by atoms with Gasteiger partial charge in [0.15, 0.2) is 17.3 Å². The lowest BCUT2D eigenvalue weighted by molar-refractivity contribution is 0.0431. The Kier molecular flexibility index (Phi) is 7.28. The van der Waals surface area contributed by atoms with Crippen molar-refractivity contribution in [1.82, 2.24) is 0 Å². The Morgan fingerprint density at radius 2 is 1.52 bits per heavy atom. The number of rotatable bonds is 8. The van der Waals surface area contributed by atoms with Crippen LogP contribution in [-0.2, 0) is 4.74 Å². The standard InChI is InChI=1S/C24H31NO6/c1-27-16-7-8-17(18(13-16)14-6-9-20(28-2)19(25)10-14)23(26)15-11-21(29-3)24(31-5)22(12-15)30-4/h6,9-12,16-18H,7-8,13,25H2,1-5H3. The number of benzene rings is 2. The van der Waals surface area contributed by atoms with Crippen molar-refractivity contribution in [2.24, 2.45) is 5.92 Å². The molecule has 2 aromatic carbocycles. The fourth-order valence-electron chi connectivity index (χ4n) is 4.45. The van der Waals surface area contributed by atoms with Crippen molar-refractivity contribution in [3.63, 3.8) is 0 Å². The molecule has 0 aromatic heterocycles. The number of Topliss-reactive ketones (excluding diaryl/α,β-unsaturated/α-hetero) is 1. The van der Waals surface area contributed by atoms with Gasteiger partial charge in [-0.2, -0.15) is 0 Å². The van der Waals surface area contributed by atoms with Crippen molar-refractivity contribution in [3.8, 4) is 23.0 Å². The molecule has 168 valence electrons. The summed E-state index contributed by atoms with van der Waals surface area (Å²) in [6, 6.07) is 9.16. The lowest BCUT2D eigenvalue weighted by Crippen LogP contribution is -2.32. The highest BCUT2D eigenvalue weighted by atomic mass is 16.5. The molecular weight excluding hydrogens is 398 g/mol. The number of hydrogen-bond donors (Lipinski definition) is 1. The highest BCUT2D eigenvalue weighted by molar-refractivity contribution is 5.99. The maximum Gasteiger partial charge on any atom is 0.203 e. The van der Waals surface area contributed by atoms with Gasteiger partial charge in [-0.3, -0.25) is 4.79 Å². The number of anilines is 1. The molecule has 1 saturated carbocycles. The van der Waals surface area contributed by atoms with Crippen LogP contribution in [0.4, 0.5) is 5.69 Å². The number of nitrogen functional groups attached to an aromatic ring is 1. The van der Waals surface area contributed by atoms with E-state index in [4.69, 9.17) is 29.4 Å². The molecule has 0 radical (unpaired) electrons. The molecule has 0 amide bonds. The minimum Gasteiger partial charge on any atom is -0.495 e. The van der Waals surface area contributed by atoms with Gasteiger partial charge in [0, 0.05) is 18.6 Å². The highest BCUT2D eigenvalue weighted by Gasteiger charge is 2.37. The summed E-state index contributed by atoms with van der Waals surface area (Å²) in [5.41, 5.74) is 8.25. The first kappa shape index (κ1) is 22.7. The zero-order chi connectivity index (χ0) is 22.5. The zero-order valence-electron chi connectivity index (χ0n) is 18.8. The molecule has 0 heterocycles. The van der Waals surface area contributed by atoms with E-state index in [1.807, 2.05) is 18.2 Å². The Morgan fingerprint density at radius 1 is 0.871 bits per heavy atom. The Labute approximate surface area is 183 Å². The second kappa shape index (κ2) is 9.92. The third kappa shape index (κ3) is 4.56. The number of ether oxygens (including phenoxy) is 5. The van der Waals surface area contributed by atoms with Crippen molar-refractivity contribution >= 4 is 11.5 Å². The summed E-state index contributed by atoms with van der Waals surface area (Å²) in [4.78, 5) is 13.7. The lowest BCUT2D eigenvalue weighted by Gasteiger charge is -2.35. The molecule has 3 unspecified atom stereocenters. The average molecular weight is 430 g/mol. The lowest BCUT2D eigenvalue weighted by atomic mass is 9.71. The van der Waals surface area contributed by atoms with Crippen LogP contribution in [0.5, 0.6) is 23.0 Å². The molecular formula is C24H31NO6. The van der Waals surface area contributed by atoms with E-state index < -0.39 is 0 Å². The minimum atomic E-state index is -0.220. The third-order valence-electron chi connectivity index (χ3n) is 6.10. The Hall–Kier alpha value is -2.93. The van der Waals surface area contributed by atoms with Crippen LogP contribution in [0.3, 0.4) is 0 Å². The largest absolute Gasteiger partial charge is 0.495 e. The molecule has 1 fully saturated rings. The van der Waals surface area contributed by atoms with E-state index >= 15 is 0 Å². The van der Waals surface area contributed by atoms with Gasteiger partial charge in [-0.15, -0.1) is 0 Å². The van der Waals surface area contributed by atoms with Crippen LogP contribution in [0.25, 0.3) is 0 Å². The van der Waals surface area contributed by atoms with Crippen molar-refractivity contribution in [3.05, 3.63) is 41.5 Å². The predicted molar refractivity (Wildman–Crippen MR) is 119 cm³/mol. The van der Waals surface area contributed by atoms with Crippen LogP contribution < -0.4 is 24.7 Å². The third-order valence-corrected chi connectivity index (χ3v) is 6.10. The smallest absolute Gasteiger partial charge is 0.203 e. The van der Waals surface area contributed by atoms with Crippen molar-refractivity contribution in [2.75, 3.05) is 41.3 Å². The highest BCUT2D eigenvalue weighted by Crippen LogP contribution is 2.44. The second-order valence-electron chi connectivity index (χ2n) is 7.66. The molecule has 2 N–H and O–H groups in total. The summed E-state index contributed by atoms with van der Waals surface area (Å²) in [5, 5.41) is 0. The molecule has 1 aliphatic rings. The first-order valence-electron chi connectivity index (χ1n) is 10.3. The topological polar surface area (TPSA) is 89.2 Å². The maximum absolute atomic E-state index is 13.7. The van der Waals surface area contributed by atoms with Gasteiger partial charge in [-0.05, 0) is 55.0 Å². The SMILES string of the molecule is COc1ccc(C2CC(OC)CCC2C(=O)c2cc(OC)c(OC)c(OC)c2)cc1N. The minimum absolute atomic E-state index is 0.0292. The van der Waals surface area contributed by atoms with Gasteiger partial charge >= 0.3 is 0 Å². The fourth-order valence-corrected chi connectivity index (χ4v) is 4.45. The van der Waals surface area contributed by atoms with E-state index in [2.05, 4.69) is 0 Å². The monoisotopic (exact) mass is 429 g/mol. The Bertz CT molecular complexity index is 903. The second-order valence-corrected chi connectivity index (χ2v) is 7.66. The van der Waals surface area contributed by atoms with E-state index in [0.717, 1.165) is 18.4 Å². The first-order valence-corrected chi connectivity index (χ1v) is 10.3. The van der Waals surface area contributed by atoms with Crippen LogP contribution in [0, 0.1) is 5.92 Å². The summed E-state index contributed by atoms with van der Waals surface area (Å²) in [6.45, 7) is 0. The molecule has 3 rings (SSSR count). The average Bonchev–Trinajstić information content (AvgIpc) is 2.81. The van der Waals surface area contributed by atoms with E-state index in [1.165, 1.54) is 21.3 Å². The van der Waals surface area contributed by atoms with E-state index in [1.54, 1.807) is 26.4 Å². The van der Waals surface area contributed by atoms with Gasteiger partial charge in [0.25, 0.3) is 0 Å². The fraction of sp³-hybridized carbons (Fsp3) is 0.458. The summed E-state index contributed by atoms with van der Waals surface area (Å²) in [7, 11) is 7.92. The summed E-state index contributed by atoms with van der Waals surface area (Å²) < 4.78 is 27.2. The molecule has 0 saturated heterocycles. The van der Waals surface area contributed by atoms with Gasteiger partial charge in [-0.1, -0.05) is 6.07 Å². The predicted octanol–water partition coefficient (Wildman–Crippen LogP) is 4.08. The van der Waals surface area contributed by atoms with Crippen LogP contribution in [0.1, 0.15) is 41.1 Å². The van der Waals surface area contributed by atoms with Gasteiger partial charge in [-0.25, -0.2) is 0 Å². The van der Waals surface area contributed by atoms with Crippen LogP contribution in [-0.4, -0.2) is 47.4 Å². The number of nitrogens with two attached hydrogens (primary N) is 1. The number of carbonyl (C=O) groups excluding carboxylic acids is 1. The zero-order valence-corrected chi connectivity index (χ0v) is 18.8. The number of carbonyl (C=O) groups is 1. The molecule has 2 aromatic rings. The summed E-state index contributed by atoms with van der Waals surface area (Å²) in [6.07, 6.45) is 2.37. The van der Waals surface area contributed by atoms with Crippen LogP contribution in [0.2, 0.25) is 0 Å². The molecule has 0 aliphatic heterocycles. The molecule has 0 spiro atoms. The van der Waals surface area contributed by atoms with E-state index in [0.29, 0.717) is 40.7 Å².